The summed E-state index contributed by atoms with van der Waals surface area (Å²) in [7, 11) is 0. The van der Waals surface area contributed by atoms with Crippen LogP contribution in [0.3, 0.4) is 0 Å². The lowest BCUT2D eigenvalue weighted by atomic mass is 10.0. The maximum atomic E-state index is 12.9. The molecule has 0 aromatic heterocycles. The molecular weight excluding hydrogens is 907 g/mol. The van der Waals surface area contributed by atoms with Gasteiger partial charge in [0.05, 0.1) is 39.6 Å². The van der Waals surface area contributed by atoms with Crippen LogP contribution in [-0.2, 0) is 68.5 Å². The molecule has 400 valence electrons. The van der Waals surface area contributed by atoms with Gasteiger partial charge < -0.3 is 59.7 Å². The molecule has 0 heterocycles. The van der Waals surface area contributed by atoms with Crippen molar-refractivity contribution in [1.29, 1.82) is 0 Å². The summed E-state index contributed by atoms with van der Waals surface area (Å²) < 4.78 is 37.4. The maximum Gasteiger partial charge on any atom is 0.407 e. The normalized spacial score (nSPS) is 11.8. The van der Waals surface area contributed by atoms with Gasteiger partial charge in [-0.05, 0) is 66.4 Å². The molecule has 1 atom stereocenters. The predicted molar refractivity (Wildman–Crippen MR) is 264 cm³/mol. The number of alkyl carbamates (subject to hydrolysis) is 1. The van der Waals surface area contributed by atoms with Gasteiger partial charge in [0.25, 0.3) is 0 Å². The number of ether oxygens (including phenoxy) is 7. The highest BCUT2D eigenvalue weighted by Crippen LogP contribution is 2.16. The Morgan fingerprint density at radius 2 is 0.929 bits per heavy atom. The van der Waals surface area contributed by atoms with E-state index in [0.717, 1.165) is 50.5 Å². The van der Waals surface area contributed by atoms with Crippen molar-refractivity contribution in [2.75, 3.05) is 79.0 Å². The first kappa shape index (κ1) is 63.2. The van der Waals surface area contributed by atoms with Crippen LogP contribution >= 0.6 is 0 Å². The summed E-state index contributed by atoms with van der Waals surface area (Å²) in [5, 5.41) is 13.4. The van der Waals surface area contributed by atoms with Crippen molar-refractivity contribution in [3.05, 3.63) is 35.9 Å². The van der Waals surface area contributed by atoms with Crippen LogP contribution in [0.2, 0.25) is 0 Å². The van der Waals surface area contributed by atoms with Crippen molar-refractivity contribution in [1.82, 2.24) is 26.6 Å². The van der Waals surface area contributed by atoms with Gasteiger partial charge in [-0.25, -0.2) is 9.59 Å². The van der Waals surface area contributed by atoms with Crippen LogP contribution in [0.5, 0.6) is 0 Å². The molecule has 1 aromatic rings. The Morgan fingerprint density at radius 3 is 1.46 bits per heavy atom. The molecule has 0 saturated heterocycles. The fraction of sp³-hybridized carbons (Fsp3) is 0.745. The smallest absolute Gasteiger partial charge is 0.407 e. The first-order valence-electron chi connectivity index (χ1n) is 25.2. The number of unbranched alkanes of at least 4 members (excludes halogenated alkanes) is 11. The van der Waals surface area contributed by atoms with Crippen LogP contribution in [-0.4, -0.2) is 138 Å². The molecule has 5 amide bonds. The SMILES string of the molecule is CC(C)(C)OC(=O)CCCCCCCCCCCCCCC(=O)NC(CCC(=O)NCCOCCOCC(=O)NCCOCCOCC(=O)NCCNC(=O)OCc1ccccc1)C(=O)OC(C)(C)C. The van der Waals surface area contributed by atoms with Gasteiger partial charge in [0.1, 0.15) is 37.1 Å². The van der Waals surface area contributed by atoms with E-state index in [2.05, 4.69) is 26.6 Å². The summed E-state index contributed by atoms with van der Waals surface area (Å²) in [6.45, 7) is 12.9. The van der Waals surface area contributed by atoms with Crippen molar-refractivity contribution in [3.8, 4) is 0 Å². The number of nitrogens with one attached hydrogen (secondary N) is 5. The minimum atomic E-state index is -0.945. The van der Waals surface area contributed by atoms with Crippen molar-refractivity contribution >= 4 is 41.7 Å². The summed E-state index contributed by atoms with van der Waals surface area (Å²) in [5.41, 5.74) is -0.302. The van der Waals surface area contributed by atoms with E-state index in [9.17, 15) is 33.6 Å². The quantitative estimate of drug-likeness (QED) is 0.0299. The lowest BCUT2D eigenvalue weighted by Crippen LogP contribution is -2.44. The molecule has 19 nitrogen and oxygen atoms in total. The van der Waals surface area contributed by atoms with Crippen molar-refractivity contribution in [3.63, 3.8) is 0 Å². The third-order valence-electron chi connectivity index (χ3n) is 9.92. The minimum Gasteiger partial charge on any atom is -0.460 e. The van der Waals surface area contributed by atoms with Gasteiger partial charge in [-0.1, -0.05) is 94.5 Å². The van der Waals surface area contributed by atoms with Crippen LogP contribution < -0.4 is 26.6 Å². The number of esters is 2. The lowest BCUT2D eigenvalue weighted by molar-refractivity contribution is -0.159. The topological polar surface area (TPSA) is 244 Å². The number of benzene rings is 1. The van der Waals surface area contributed by atoms with Crippen molar-refractivity contribution < 1.29 is 66.7 Å². The third-order valence-corrected chi connectivity index (χ3v) is 9.92. The molecule has 1 unspecified atom stereocenters. The van der Waals surface area contributed by atoms with Crippen molar-refractivity contribution in [2.24, 2.45) is 0 Å². The molecular formula is C51H87N5O14. The standard InChI is InChI=1S/C51H87N5O14/c1-50(2,3)69-47(61)25-21-16-14-12-10-8-7-9-11-13-15-20-24-44(58)56-42(48(62)70-51(4,5)6)26-27-43(57)53-30-32-64-34-37-67-40-46(60)54-31-33-65-35-36-66-39-45(59)52-28-29-55-49(63)68-38-41-22-18-17-19-23-41/h17-19,22-23,42H,7-16,20-21,24-40H2,1-6H3,(H,52,59)(H,53,57)(H,54,60)(H,55,63)(H,56,58). The van der Waals surface area contributed by atoms with Crippen LogP contribution in [0.15, 0.2) is 30.3 Å². The number of carbonyl (C=O) groups is 7. The number of amides is 5. The zero-order valence-corrected chi connectivity index (χ0v) is 43.2. The first-order chi connectivity index (χ1) is 33.4. The molecule has 70 heavy (non-hydrogen) atoms. The molecule has 0 fully saturated rings. The largest absolute Gasteiger partial charge is 0.460 e. The predicted octanol–water partition coefficient (Wildman–Crippen LogP) is 5.74. The Hall–Kier alpha value is -4.85. The van der Waals surface area contributed by atoms with Gasteiger partial charge in [-0.2, -0.15) is 0 Å². The van der Waals surface area contributed by atoms with Gasteiger partial charge >= 0.3 is 18.0 Å². The van der Waals surface area contributed by atoms with E-state index in [-0.39, 0.29) is 128 Å². The molecule has 0 radical (unpaired) electrons. The third kappa shape index (κ3) is 41.0. The second kappa shape index (κ2) is 39.8. The second-order valence-corrected chi connectivity index (χ2v) is 18.9. The van der Waals surface area contributed by atoms with E-state index in [1.807, 2.05) is 51.1 Å². The average Bonchev–Trinajstić information content (AvgIpc) is 3.29. The fourth-order valence-corrected chi connectivity index (χ4v) is 6.50. The summed E-state index contributed by atoms with van der Waals surface area (Å²) in [6.07, 6.45) is 13.2. The molecule has 19 heteroatoms. The Kier molecular flexibility index (Phi) is 35.9. The van der Waals surface area contributed by atoms with E-state index in [0.29, 0.717) is 12.8 Å². The van der Waals surface area contributed by atoms with Gasteiger partial charge in [-0.3, -0.25) is 24.0 Å². The monoisotopic (exact) mass is 994 g/mol. The van der Waals surface area contributed by atoms with Gasteiger partial charge in [0.15, 0.2) is 0 Å². The molecule has 5 N–H and O–H groups in total. The first-order valence-corrected chi connectivity index (χ1v) is 25.2. The zero-order chi connectivity index (χ0) is 51.7. The summed E-state index contributed by atoms with van der Waals surface area (Å²) in [6, 6.07) is 8.34. The summed E-state index contributed by atoms with van der Waals surface area (Å²) >= 11 is 0. The van der Waals surface area contributed by atoms with Crippen LogP contribution in [0, 0.1) is 0 Å². The number of carbonyl (C=O) groups excluding carboxylic acids is 7. The Bertz CT molecular complexity index is 1600. The molecule has 0 aliphatic heterocycles. The summed E-state index contributed by atoms with van der Waals surface area (Å²) in [4.78, 5) is 85.7. The second-order valence-electron chi connectivity index (χ2n) is 18.9. The van der Waals surface area contributed by atoms with E-state index in [1.165, 1.54) is 32.1 Å². The molecule has 0 aliphatic rings. The Balaban J connectivity index is 2.03. The lowest BCUT2D eigenvalue weighted by Gasteiger charge is -2.24. The minimum absolute atomic E-state index is 0.00575. The molecule has 0 bridgehead atoms. The zero-order valence-electron chi connectivity index (χ0n) is 43.2. The van der Waals surface area contributed by atoms with E-state index in [4.69, 9.17) is 33.2 Å². The number of hydrogen-bond donors (Lipinski definition) is 5. The highest BCUT2D eigenvalue weighted by Gasteiger charge is 2.27. The van der Waals surface area contributed by atoms with Crippen molar-refractivity contribution in [2.45, 2.75) is 168 Å². The molecule has 0 spiro atoms. The molecule has 1 rings (SSSR count). The Labute approximate surface area is 417 Å². The van der Waals surface area contributed by atoms with E-state index < -0.39 is 29.3 Å². The Morgan fingerprint density at radius 1 is 0.471 bits per heavy atom. The fourth-order valence-electron chi connectivity index (χ4n) is 6.50. The van der Waals surface area contributed by atoms with Gasteiger partial charge in [0.2, 0.25) is 23.6 Å². The van der Waals surface area contributed by atoms with Crippen LogP contribution in [0.4, 0.5) is 4.79 Å². The number of hydrogen-bond acceptors (Lipinski definition) is 14. The highest BCUT2D eigenvalue weighted by molar-refractivity contribution is 5.85. The maximum absolute atomic E-state index is 12.9. The molecule has 1 aromatic carbocycles. The summed E-state index contributed by atoms with van der Waals surface area (Å²) in [5.74, 6) is -1.90. The highest BCUT2D eigenvalue weighted by atomic mass is 16.6. The van der Waals surface area contributed by atoms with Crippen LogP contribution in [0.25, 0.3) is 0 Å². The van der Waals surface area contributed by atoms with E-state index in [1.54, 1.807) is 20.8 Å². The number of rotatable bonds is 41. The molecule has 0 aliphatic carbocycles. The van der Waals surface area contributed by atoms with Gasteiger partial charge in [0, 0.05) is 45.4 Å². The van der Waals surface area contributed by atoms with Gasteiger partial charge in [-0.15, -0.1) is 0 Å². The average molecular weight is 994 g/mol. The van der Waals surface area contributed by atoms with Crippen LogP contribution in [0.1, 0.15) is 150 Å². The molecule has 0 saturated carbocycles. The van der Waals surface area contributed by atoms with E-state index >= 15 is 0 Å².